The van der Waals surface area contributed by atoms with Gasteiger partial charge in [0.15, 0.2) is 0 Å². The molecule has 19 heavy (non-hydrogen) atoms. The Morgan fingerprint density at radius 3 is 2.53 bits per heavy atom. The van der Waals surface area contributed by atoms with Crippen molar-refractivity contribution >= 4 is 12.0 Å². The van der Waals surface area contributed by atoms with Crippen LogP contribution in [0.5, 0.6) is 0 Å². The number of carbonyl (C=O) groups is 1. The molecule has 0 aliphatic carbocycles. The summed E-state index contributed by atoms with van der Waals surface area (Å²) >= 11 is 0. The van der Waals surface area contributed by atoms with Gasteiger partial charge in [0.05, 0.1) is 7.11 Å². The highest BCUT2D eigenvalue weighted by Crippen LogP contribution is 2.06. The Hall–Kier alpha value is -1.92. The Morgan fingerprint density at radius 1 is 1.37 bits per heavy atom. The van der Waals surface area contributed by atoms with Crippen molar-refractivity contribution in [1.82, 2.24) is 10.6 Å². The molecule has 0 heterocycles. The van der Waals surface area contributed by atoms with Crippen molar-refractivity contribution in [1.29, 1.82) is 5.41 Å². The van der Waals surface area contributed by atoms with Gasteiger partial charge in [-0.25, -0.2) is 4.79 Å². The fourth-order valence-corrected chi connectivity index (χ4v) is 1.06. The standard InChI is InChI=1S/C12H24N4O3/c1-12(2,3)19-11(17)16-7-5-6-15-8-9(13)10(14)18-4/h8,14-15H,5-7,13H2,1-4H3,(H,16,17)/b9-8+,14-10?. The van der Waals surface area contributed by atoms with Gasteiger partial charge >= 0.3 is 6.09 Å². The molecular weight excluding hydrogens is 248 g/mol. The summed E-state index contributed by atoms with van der Waals surface area (Å²) in [4.78, 5) is 11.3. The van der Waals surface area contributed by atoms with E-state index in [0.29, 0.717) is 19.5 Å². The highest BCUT2D eigenvalue weighted by Gasteiger charge is 2.15. The van der Waals surface area contributed by atoms with Gasteiger partial charge in [-0.2, -0.15) is 0 Å². The lowest BCUT2D eigenvalue weighted by Crippen LogP contribution is -2.33. The van der Waals surface area contributed by atoms with E-state index >= 15 is 0 Å². The lowest BCUT2D eigenvalue weighted by atomic mass is 10.2. The number of alkyl carbamates (subject to hydrolysis) is 1. The molecule has 0 saturated carbocycles. The molecule has 0 unspecified atom stereocenters. The third-order valence-electron chi connectivity index (χ3n) is 1.89. The van der Waals surface area contributed by atoms with Gasteiger partial charge in [-0.05, 0) is 27.2 Å². The van der Waals surface area contributed by atoms with E-state index in [1.807, 2.05) is 20.8 Å². The fraction of sp³-hybridized carbons (Fsp3) is 0.667. The van der Waals surface area contributed by atoms with Crippen LogP contribution < -0.4 is 16.4 Å². The zero-order chi connectivity index (χ0) is 14.9. The predicted molar refractivity (Wildman–Crippen MR) is 73.9 cm³/mol. The number of hydrogen-bond donors (Lipinski definition) is 4. The topological polar surface area (TPSA) is 109 Å². The number of nitrogens with two attached hydrogens (primary N) is 1. The maximum atomic E-state index is 11.3. The summed E-state index contributed by atoms with van der Waals surface area (Å²) in [7, 11) is 1.38. The number of carbonyl (C=O) groups excluding carboxylic acids is 1. The molecule has 0 saturated heterocycles. The van der Waals surface area contributed by atoms with E-state index in [0.717, 1.165) is 0 Å². The molecule has 0 aromatic heterocycles. The average molecular weight is 272 g/mol. The molecule has 0 aromatic carbocycles. The fourth-order valence-electron chi connectivity index (χ4n) is 1.06. The van der Waals surface area contributed by atoms with E-state index in [9.17, 15) is 4.79 Å². The van der Waals surface area contributed by atoms with Gasteiger partial charge in [0.1, 0.15) is 11.3 Å². The molecule has 5 N–H and O–H groups in total. The predicted octanol–water partition coefficient (Wildman–Crippen LogP) is 0.915. The third kappa shape index (κ3) is 9.75. The van der Waals surface area contributed by atoms with Crippen molar-refractivity contribution in [3.8, 4) is 0 Å². The summed E-state index contributed by atoms with van der Waals surface area (Å²) in [5.74, 6) is -0.0839. The highest BCUT2D eigenvalue weighted by atomic mass is 16.6. The van der Waals surface area contributed by atoms with Crippen LogP contribution in [0.1, 0.15) is 27.2 Å². The van der Waals surface area contributed by atoms with E-state index in [1.165, 1.54) is 13.3 Å². The Labute approximate surface area is 114 Å². The van der Waals surface area contributed by atoms with Gasteiger partial charge in [-0.3, -0.25) is 5.41 Å². The minimum absolute atomic E-state index is 0.0839. The van der Waals surface area contributed by atoms with Gasteiger partial charge in [0, 0.05) is 19.3 Å². The second-order valence-electron chi connectivity index (χ2n) is 4.87. The van der Waals surface area contributed by atoms with Crippen LogP contribution >= 0.6 is 0 Å². The van der Waals surface area contributed by atoms with E-state index in [2.05, 4.69) is 15.4 Å². The first-order chi connectivity index (χ1) is 8.76. The zero-order valence-electron chi connectivity index (χ0n) is 12.0. The lowest BCUT2D eigenvalue weighted by Gasteiger charge is -2.19. The van der Waals surface area contributed by atoms with E-state index in [4.69, 9.17) is 15.9 Å². The van der Waals surface area contributed by atoms with Crippen LogP contribution in [-0.4, -0.2) is 37.8 Å². The summed E-state index contributed by atoms with van der Waals surface area (Å²) in [6.45, 7) is 6.55. The quantitative estimate of drug-likeness (QED) is 0.326. The van der Waals surface area contributed by atoms with Crippen LogP contribution in [-0.2, 0) is 9.47 Å². The van der Waals surface area contributed by atoms with Gasteiger partial charge in [-0.15, -0.1) is 0 Å². The van der Waals surface area contributed by atoms with Crippen LogP contribution in [0.15, 0.2) is 11.9 Å². The van der Waals surface area contributed by atoms with Gasteiger partial charge in [-0.1, -0.05) is 0 Å². The molecule has 110 valence electrons. The largest absolute Gasteiger partial charge is 0.480 e. The van der Waals surface area contributed by atoms with Gasteiger partial charge < -0.3 is 25.8 Å². The maximum Gasteiger partial charge on any atom is 0.407 e. The Balaban J connectivity index is 3.66. The molecule has 0 aliphatic rings. The molecule has 0 radical (unpaired) electrons. The first-order valence-electron chi connectivity index (χ1n) is 6.05. The lowest BCUT2D eigenvalue weighted by molar-refractivity contribution is 0.0527. The van der Waals surface area contributed by atoms with Gasteiger partial charge in [0.2, 0.25) is 5.90 Å². The summed E-state index contributed by atoms with van der Waals surface area (Å²) in [5, 5.41) is 12.8. The van der Waals surface area contributed by atoms with Crippen molar-refractivity contribution < 1.29 is 14.3 Å². The minimum Gasteiger partial charge on any atom is -0.480 e. The molecule has 7 nitrogen and oxygen atoms in total. The summed E-state index contributed by atoms with van der Waals surface area (Å²) in [6, 6.07) is 0. The second-order valence-corrected chi connectivity index (χ2v) is 4.87. The smallest absolute Gasteiger partial charge is 0.407 e. The van der Waals surface area contributed by atoms with Crippen LogP contribution in [0, 0.1) is 5.41 Å². The van der Waals surface area contributed by atoms with Crippen molar-refractivity contribution in [3.05, 3.63) is 11.9 Å². The Morgan fingerprint density at radius 2 is 2.00 bits per heavy atom. The Bertz CT molecular complexity index is 334. The molecule has 7 heteroatoms. The van der Waals surface area contributed by atoms with E-state index in [1.54, 1.807) is 0 Å². The number of rotatable bonds is 6. The summed E-state index contributed by atoms with van der Waals surface area (Å²) in [6.07, 6.45) is 1.78. The Kier molecular flexibility index (Phi) is 7.40. The monoisotopic (exact) mass is 272 g/mol. The third-order valence-corrected chi connectivity index (χ3v) is 1.89. The molecular formula is C12H24N4O3. The van der Waals surface area contributed by atoms with Crippen LogP contribution in [0.2, 0.25) is 0 Å². The molecule has 0 rings (SSSR count). The molecule has 0 fully saturated rings. The molecule has 0 atom stereocenters. The van der Waals surface area contributed by atoms with Crippen molar-refractivity contribution in [2.45, 2.75) is 32.8 Å². The van der Waals surface area contributed by atoms with Gasteiger partial charge in [0.25, 0.3) is 0 Å². The molecule has 0 aromatic rings. The number of hydrogen-bond acceptors (Lipinski definition) is 6. The molecule has 0 bridgehead atoms. The van der Waals surface area contributed by atoms with Crippen LogP contribution in [0.25, 0.3) is 0 Å². The first kappa shape index (κ1) is 17.1. The number of nitrogens with one attached hydrogen (secondary N) is 3. The number of methoxy groups -OCH3 is 1. The number of ether oxygens (including phenoxy) is 2. The second kappa shape index (κ2) is 8.23. The average Bonchev–Trinajstić information content (AvgIpc) is 2.29. The van der Waals surface area contributed by atoms with Crippen molar-refractivity contribution in [2.75, 3.05) is 20.2 Å². The number of amides is 1. The SMILES string of the molecule is COC(=N)/C(N)=C\NCCCNC(=O)OC(C)(C)C. The molecule has 0 aliphatic heterocycles. The molecule has 1 amide bonds. The zero-order valence-corrected chi connectivity index (χ0v) is 12.0. The van der Waals surface area contributed by atoms with Crippen LogP contribution in [0.3, 0.4) is 0 Å². The normalized spacial score (nSPS) is 11.7. The van der Waals surface area contributed by atoms with Crippen LogP contribution in [0.4, 0.5) is 4.79 Å². The van der Waals surface area contributed by atoms with E-state index in [-0.39, 0.29) is 11.6 Å². The van der Waals surface area contributed by atoms with Crippen molar-refractivity contribution in [3.63, 3.8) is 0 Å². The maximum absolute atomic E-state index is 11.3. The van der Waals surface area contributed by atoms with E-state index < -0.39 is 11.7 Å². The summed E-state index contributed by atoms with van der Waals surface area (Å²) in [5.41, 5.74) is 5.26. The minimum atomic E-state index is -0.486. The highest BCUT2D eigenvalue weighted by molar-refractivity contribution is 5.89. The summed E-state index contributed by atoms with van der Waals surface area (Å²) < 4.78 is 9.73. The molecule has 0 spiro atoms. The van der Waals surface area contributed by atoms with Crippen molar-refractivity contribution in [2.24, 2.45) is 5.73 Å². The first-order valence-corrected chi connectivity index (χ1v) is 6.05.